The first-order chi connectivity index (χ1) is 15.4. The smallest absolute Gasteiger partial charge is 0.274 e. The highest BCUT2D eigenvalue weighted by atomic mass is 35.5. The molecule has 0 N–H and O–H groups in total. The minimum Gasteiger partial charge on any atom is -0.337 e. The lowest BCUT2D eigenvalue weighted by Gasteiger charge is -2.17. The first-order valence-electron chi connectivity index (χ1n) is 9.79. The van der Waals surface area contributed by atoms with E-state index in [1.165, 1.54) is 11.8 Å². The summed E-state index contributed by atoms with van der Waals surface area (Å²) in [5, 5.41) is 2.78. The van der Waals surface area contributed by atoms with Crippen LogP contribution < -0.4 is 9.80 Å². The Hall–Kier alpha value is -2.38. The maximum atomic E-state index is 13.7. The highest BCUT2D eigenvalue weighted by Crippen LogP contribution is 2.51. The summed E-state index contributed by atoms with van der Waals surface area (Å²) in [6, 6.07) is 20.9. The van der Waals surface area contributed by atoms with E-state index in [0.29, 0.717) is 20.1 Å². The third-order valence-corrected chi connectivity index (χ3v) is 7.96. The van der Waals surface area contributed by atoms with E-state index in [-0.39, 0.29) is 5.91 Å². The van der Waals surface area contributed by atoms with Gasteiger partial charge in [0.25, 0.3) is 5.91 Å². The largest absolute Gasteiger partial charge is 0.337 e. The molecule has 0 radical (unpaired) electrons. The quantitative estimate of drug-likeness (QED) is 0.343. The summed E-state index contributed by atoms with van der Waals surface area (Å²) in [6.45, 7) is 2.01. The van der Waals surface area contributed by atoms with Crippen LogP contribution >= 0.6 is 46.7 Å². The van der Waals surface area contributed by atoms with Crippen LogP contribution in [0.1, 0.15) is 5.56 Å². The van der Waals surface area contributed by atoms with Gasteiger partial charge in [0.15, 0.2) is 5.17 Å². The monoisotopic (exact) mass is 497 g/mol. The molecule has 0 unspecified atom stereocenters. The van der Waals surface area contributed by atoms with Gasteiger partial charge in [-0.15, -0.1) is 0 Å². The summed E-state index contributed by atoms with van der Waals surface area (Å²) in [7, 11) is 1.96. The first kappa shape index (κ1) is 21.5. The Morgan fingerprint density at radius 2 is 1.66 bits per heavy atom. The van der Waals surface area contributed by atoms with Gasteiger partial charge in [0.2, 0.25) is 0 Å². The molecule has 2 aliphatic heterocycles. The molecule has 4 nitrogen and oxygen atoms in total. The molecule has 32 heavy (non-hydrogen) atoms. The molecule has 2 heterocycles. The SMILES string of the molecule is Cc1cccc(N2C(=O)C(=C3Sc4ccc(Cl)cc4N3C)SC2=Nc2ccc(Cl)cc2)c1. The third-order valence-electron chi connectivity index (χ3n) is 5.08. The van der Waals surface area contributed by atoms with E-state index in [0.717, 1.165) is 32.6 Å². The number of anilines is 2. The molecule has 1 amide bonds. The average Bonchev–Trinajstić information content (AvgIpc) is 3.26. The van der Waals surface area contributed by atoms with E-state index in [1.54, 1.807) is 28.8 Å². The Morgan fingerprint density at radius 3 is 2.41 bits per heavy atom. The standard InChI is InChI=1S/C24H17Cl2N3OS2/c1-14-4-3-5-18(12-14)29-22(30)21(32-24(29)27-17-9-6-15(25)7-10-17)23-28(2)19-13-16(26)8-11-20(19)31-23/h3-13H,1-2H3. The number of amidine groups is 1. The molecule has 3 aromatic carbocycles. The van der Waals surface area contributed by atoms with Crippen molar-refractivity contribution < 1.29 is 4.79 Å². The highest BCUT2D eigenvalue weighted by Gasteiger charge is 2.40. The molecule has 5 rings (SSSR count). The van der Waals surface area contributed by atoms with Crippen molar-refractivity contribution >= 4 is 74.9 Å². The number of nitrogens with zero attached hydrogens (tertiary/aromatic N) is 3. The number of carbonyl (C=O) groups is 1. The highest BCUT2D eigenvalue weighted by molar-refractivity contribution is 8.20. The van der Waals surface area contributed by atoms with Crippen molar-refractivity contribution in [3.63, 3.8) is 0 Å². The fraction of sp³-hybridized carbons (Fsp3) is 0.0833. The number of hydrogen-bond acceptors (Lipinski definition) is 5. The van der Waals surface area contributed by atoms with E-state index < -0.39 is 0 Å². The minimum absolute atomic E-state index is 0.0958. The number of halogens is 2. The number of aryl methyl sites for hydroxylation is 1. The lowest BCUT2D eigenvalue weighted by molar-refractivity contribution is -0.113. The van der Waals surface area contributed by atoms with Gasteiger partial charge in [-0.2, -0.15) is 0 Å². The van der Waals surface area contributed by atoms with Crippen molar-refractivity contribution in [2.24, 2.45) is 4.99 Å². The second kappa shape index (κ2) is 8.52. The van der Waals surface area contributed by atoms with E-state index in [1.807, 2.05) is 73.5 Å². The molecule has 1 fully saturated rings. The first-order valence-corrected chi connectivity index (χ1v) is 12.2. The molecule has 2 aliphatic rings. The number of aliphatic imine (C=N–C) groups is 1. The Morgan fingerprint density at radius 1 is 0.906 bits per heavy atom. The average molecular weight is 498 g/mol. The van der Waals surface area contributed by atoms with Crippen LogP contribution in [0.25, 0.3) is 0 Å². The zero-order valence-corrected chi connectivity index (χ0v) is 20.3. The minimum atomic E-state index is -0.0958. The molecule has 3 aromatic rings. The van der Waals surface area contributed by atoms with Crippen LogP contribution in [0.3, 0.4) is 0 Å². The van der Waals surface area contributed by atoms with Gasteiger partial charge in [0.1, 0.15) is 4.91 Å². The summed E-state index contributed by atoms with van der Waals surface area (Å²) in [5.74, 6) is -0.0958. The molecule has 8 heteroatoms. The predicted octanol–water partition coefficient (Wildman–Crippen LogP) is 7.48. The molecule has 0 aliphatic carbocycles. The molecule has 0 spiro atoms. The summed E-state index contributed by atoms with van der Waals surface area (Å²) in [5.41, 5.74) is 3.58. The van der Waals surface area contributed by atoms with Crippen LogP contribution in [-0.2, 0) is 4.79 Å². The number of fused-ring (bicyclic) bond motifs is 1. The number of benzene rings is 3. The van der Waals surface area contributed by atoms with Crippen molar-refractivity contribution in [2.75, 3.05) is 16.8 Å². The van der Waals surface area contributed by atoms with Gasteiger partial charge in [-0.1, -0.05) is 47.1 Å². The molecule has 1 saturated heterocycles. The van der Waals surface area contributed by atoms with Gasteiger partial charge >= 0.3 is 0 Å². The van der Waals surface area contributed by atoms with Crippen LogP contribution in [0.4, 0.5) is 17.1 Å². The van der Waals surface area contributed by atoms with Crippen molar-refractivity contribution in [1.82, 2.24) is 0 Å². The molecule has 0 saturated carbocycles. The van der Waals surface area contributed by atoms with Gasteiger partial charge in [0, 0.05) is 22.0 Å². The summed E-state index contributed by atoms with van der Waals surface area (Å²) in [6.07, 6.45) is 0. The summed E-state index contributed by atoms with van der Waals surface area (Å²) in [4.78, 5) is 23.9. The molecular formula is C24H17Cl2N3OS2. The number of amides is 1. The summed E-state index contributed by atoms with van der Waals surface area (Å²) < 4.78 is 0. The second-order valence-electron chi connectivity index (χ2n) is 7.36. The summed E-state index contributed by atoms with van der Waals surface area (Å²) >= 11 is 15.2. The van der Waals surface area contributed by atoms with Gasteiger partial charge in [0.05, 0.1) is 22.1 Å². The second-order valence-corrected chi connectivity index (χ2v) is 10.2. The van der Waals surface area contributed by atoms with E-state index >= 15 is 0 Å². The molecule has 0 aromatic heterocycles. The van der Waals surface area contributed by atoms with E-state index in [4.69, 9.17) is 28.2 Å². The van der Waals surface area contributed by atoms with Crippen LogP contribution in [0.5, 0.6) is 0 Å². The maximum Gasteiger partial charge on any atom is 0.274 e. The van der Waals surface area contributed by atoms with Crippen molar-refractivity contribution in [1.29, 1.82) is 0 Å². The van der Waals surface area contributed by atoms with Gasteiger partial charge in [-0.25, -0.2) is 4.99 Å². The number of hydrogen-bond donors (Lipinski definition) is 0. The maximum absolute atomic E-state index is 13.7. The lowest BCUT2D eigenvalue weighted by Crippen LogP contribution is -2.29. The number of rotatable bonds is 2. The Labute approximate surface area is 204 Å². The van der Waals surface area contributed by atoms with Crippen LogP contribution in [0.2, 0.25) is 10.0 Å². The van der Waals surface area contributed by atoms with Crippen molar-refractivity contribution in [3.05, 3.63) is 92.3 Å². The van der Waals surface area contributed by atoms with Crippen molar-refractivity contribution in [2.45, 2.75) is 11.8 Å². The van der Waals surface area contributed by atoms with Crippen LogP contribution in [0, 0.1) is 6.92 Å². The molecule has 0 atom stereocenters. The number of thioether (sulfide) groups is 2. The van der Waals surface area contributed by atoms with E-state index in [2.05, 4.69) is 0 Å². The number of carbonyl (C=O) groups excluding carboxylic acids is 1. The van der Waals surface area contributed by atoms with Crippen molar-refractivity contribution in [3.8, 4) is 0 Å². The van der Waals surface area contributed by atoms with Crippen LogP contribution in [0.15, 0.2) is 86.6 Å². The zero-order valence-electron chi connectivity index (χ0n) is 17.2. The third kappa shape index (κ3) is 3.92. The zero-order chi connectivity index (χ0) is 22.4. The fourth-order valence-electron chi connectivity index (χ4n) is 3.52. The van der Waals surface area contributed by atoms with Gasteiger partial charge in [-0.05, 0) is 78.8 Å². The molecular weight excluding hydrogens is 481 g/mol. The van der Waals surface area contributed by atoms with E-state index in [9.17, 15) is 4.79 Å². The fourth-order valence-corrected chi connectivity index (χ4v) is 6.14. The Balaban J connectivity index is 1.61. The predicted molar refractivity (Wildman–Crippen MR) is 138 cm³/mol. The Bertz CT molecular complexity index is 1300. The van der Waals surface area contributed by atoms with Gasteiger partial charge < -0.3 is 4.90 Å². The molecule has 0 bridgehead atoms. The topological polar surface area (TPSA) is 35.9 Å². The Kier molecular flexibility index (Phi) is 5.72. The van der Waals surface area contributed by atoms with Gasteiger partial charge in [-0.3, -0.25) is 9.69 Å². The van der Waals surface area contributed by atoms with Crippen LogP contribution in [-0.4, -0.2) is 18.1 Å². The molecule has 160 valence electrons. The lowest BCUT2D eigenvalue weighted by atomic mass is 10.2. The normalized spacial score (nSPS) is 19.2.